The Labute approximate surface area is 122 Å². The number of nitrogens with zero attached hydrogens (tertiary/aromatic N) is 3. The Bertz CT molecular complexity index is 466. The summed E-state index contributed by atoms with van der Waals surface area (Å²) in [6, 6.07) is 3.33. The maximum Gasteiger partial charge on any atom is 0.226 e. The summed E-state index contributed by atoms with van der Waals surface area (Å²) in [4.78, 5) is 12.0. The van der Waals surface area contributed by atoms with Gasteiger partial charge in [0.25, 0.3) is 0 Å². The molecule has 4 heteroatoms. The normalized spacial score (nSPS) is 26.7. The summed E-state index contributed by atoms with van der Waals surface area (Å²) < 4.78 is 0. The zero-order valence-corrected chi connectivity index (χ0v) is 12.9. The largest absolute Gasteiger partial charge is 0.336 e. The summed E-state index contributed by atoms with van der Waals surface area (Å²) in [5, 5.41) is 3.65. The molecule has 2 aliphatic heterocycles. The van der Waals surface area contributed by atoms with Gasteiger partial charge < -0.3 is 10.2 Å². The van der Waals surface area contributed by atoms with Crippen molar-refractivity contribution in [2.45, 2.75) is 64.5 Å². The minimum Gasteiger partial charge on any atom is -0.336 e. The molecule has 0 saturated carbocycles. The van der Waals surface area contributed by atoms with Gasteiger partial charge >= 0.3 is 0 Å². The first kappa shape index (κ1) is 13.8. The SMILES string of the molecule is Cc1cc(C(C)C)nc(N2CCCC2C2CCCN2)n1. The first-order chi connectivity index (χ1) is 9.65. The molecule has 3 heterocycles. The third-order valence-electron chi connectivity index (χ3n) is 4.57. The van der Waals surface area contributed by atoms with Crippen molar-refractivity contribution in [3.05, 3.63) is 17.5 Å². The van der Waals surface area contributed by atoms with Crippen LogP contribution in [0.5, 0.6) is 0 Å². The van der Waals surface area contributed by atoms with E-state index in [9.17, 15) is 0 Å². The molecular formula is C16H26N4. The number of hydrogen-bond donors (Lipinski definition) is 1. The first-order valence-electron chi connectivity index (χ1n) is 8.01. The van der Waals surface area contributed by atoms with E-state index in [1.54, 1.807) is 0 Å². The summed E-state index contributed by atoms with van der Waals surface area (Å²) in [6.45, 7) is 8.75. The highest BCUT2D eigenvalue weighted by Crippen LogP contribution is 2.29. The Kier molecular flexibility index (Phi) is 3.92. The molecule has 0 aliphatic carbocycles. The van der Waals surface area contributed by atoms with Crippen molar-refractivity contribution in [3.8, 4) is 0 Å². The molecule has 2 atom stereocenters. The molecule has 2 aliphatic rings. The van der Waals surface area contributed by atoms with Gasteiger partial charge in [0.1, 0.15) is 0 Å². The Morgan fingerprint density at radius 2 is 2.10 bits per heavy atom. The highest BCUT2D eigenvalue weighted by Gasteiger charge is 2.34. The number of anilines is 1. The summed E-state index contributed by atoms with van der Waals surface area (Å²) in [5.41, 5.74) is 2.25. The van der Waals surface area contributed by atoms with E-state index < -0.39 is 0 Å². The fraction of sp³-hybridized carbons (Fsp3) is 0.750. The predicted molar refractivity (Wildman–Crippen MR) is 82.3 cm³/mol. The Morgan fingerprint density at radius 3 is 2.80 bits per heavy atom. The molecule has 0 aromatic carbocycles. The van der Waals surface area contributed by atoms with Crippen LogP contribution in [0.15, 0.2) is 6.07 Å². The lowest BCUT2D eigenvalue weighted by molar-refractivity contribution is 0.478. The van der Waals surface area contributed by atoms with Crippen LogP contribution < -0.4 is 10.2 Å². The van der Waals surface area contributed by atoms with Crippen LogP contribution in [0.4, 0.5) is 5.95 Å². The maximum atomic E-state index is 4.82. The molecule has 4 nitrogen and oxygen atoms in total. The number of aryl methyl sites for hydroxylation is 1. The van der Waals surface area contributed by atoms with E-state index >= 15 is 0 Å². The topological polar surface area (TPSA) is 41.1 Å². The number of hydrogen-bond acceptors (Lipinski definition) is 4. The van der Waals surface area contributed by atoms with Gasteiger partial charge in [0.05, 0.1) is 0 Å². The Hall–Kier alpha value is -1.16. The van der Waals surface area contributed by atoms with Crippen molar-refractivity contribution in [2.75, 3.05) is 18.0 Å². The van der Waals surface area contributed by atoms with Crippen molar-refractivity contribution in [3.63, 3.8) is 0 Å². The lowest BCUT2D eigenvalue weighted by Gasteiger charge is -2.30. The third-order valence-corrected chi connectivity index (χ3v) is 4.57. The average Bonchev–Trinajstić information content (AvgIpc) is 3.08. The van der Waals surface area contributed by atoms with E-state index in [4.69, 9.17) is 9.97 Å². The highest BCUT2D eigenvalue weighted by atomic mass is 15.3. The second-order valence-electron chi connectivity index (χ2n) is 6.49. The standard InChI is InChI=1S/C16H26N4/c1-11(2)14-10-12(3)18-16(19-14)20-9-5-7-15(20)13-6-4-8-17-13/h10-11,13,15,17H,4-9H2,1-3H3. The van der Waals surface area contributed by atoms with Crippen LogP contribution in [-0.4, -0.2) is 35.1 Å². The van der Waals surface area contributed by atoms with Gasteiger partial charge in [-0.2, -0.15) is 0 Å². The lowest BCUT2D eigenvalue weighted by Crippen LogP contribution is -2.44. The van der Waals surface area contributed by atoms with Gasteiger partial charge in [0.15, 0.2) is 0 Å². The van der Waals surface area contributed by atoms with Crippen LogP contribution in [0.1, 0.15) is 56.8 Å². The van der Waals surface area contributed by atoms with E-state index in [1.165, 1.54) is 32.2 Å². The van der Waals surface area contributed by atoms with Gasteiger partial charge in [0.2, 0.25) is 5.95 Å². The van der Waals surface area contributed by atoms with Crippen LogP contribution in [0, 0.1) is 6.92 Å². The average molecular weight is 274 g/mol. The smallest absolute Gasteiger partial charge is 0.226 e. The molecule has 0 amide bonds. The molecule has 0 bridgehead atoms. The Morgan fingerprint density at radius 1 is 1.25 bits per heavy atom. The minimum absolute atomic E-state index is 0.459. The summed E-state index contributed by atoms with van der Waals surface area (Å²) >= 11 is 0. The number of aromatic nitrogens is 2. The second kappa shape index (κ2) is 5.68. The maximum absolute atomic E-state index is 4.82. The van der Waals surface area contributed by atoms with Crippen molar-refractivity contribution < 1.29 is 0 Å². The molecule has 3 rings (SSSR count). The molecule has 0 spiro atoms. The van der Waals surface area contributed by atoms with Crippen LogP contribution in [0.25, 0.3) is 0 Å². The van der Waals surface area contributed by atoms with E-state index in [0.717, 1.165) is 23.9 Å². The monoisotopic (exact) mass is 274 g/mol. The van der Waals surface area contributed by atoms with E-state index in [-0.39, 0.29) is 0 Å². The Balaban J connectivity index is 1.87. The van der Waals surface area contributed by atoms with Gasteiger partial charge in [0, 0.05) is 30.0 Å². The van der Waals surface area contributed by atoms with Gasteiger partial charge in [-0.05, 0) is 51.1 Å². The van der Waals surface area contributed by atoms with Crippen LogP contribution >= 0.6 is 0 Å². The molecule has 0 radical (unpaired) electrons. The molecular weight excluding hydrogens is 248 g/mol. The predicted octanol–water partition coefficient (Wildman–Crippen LogP) is 2.63. The molecule has 110 valence electrons. The summed E-state index contributed by atoms with van der Waals surface area (Å²) in [5.74, 6) is 1.41. The molecule has 1 aromatic heterocycles. The fourth-order valence-corrected chi connectivity index (χ4v) is 3.50. The summed E-state index contributed by atoms with van der Waals surface area (Å²) in [7, 11) is 0. The second-order valence-corrected chi connectivity index (χ2v) is 6.49. The third kappa shape index (κ3) is 2.66. The van der Waals surface area contributed by atoms with Crippen molar-refractivity contribution >= 4 is 5.95 Å². The van der Waals surface area contributed by atoms with Crippen LogP contribution in [-0.2, 0) is 0 Å². The minimum atomic E-state index is 0.459. The molecule has 2 fully saturated rings. The molecule has 2 unspecified atom stereocenters. The molecule has 1 aromatic rings. The van der Waals surface area contributed by atoms with Crippen LogP contribution in [0.3, 0.4) is 0 Å². The van der Waals surface area contributed by atoms with E-state index in [2.05, 4.69) is 37.1 Å². The zero-order chi connectivity index (χ0) is 14.1. The van der Waals surface area contributed by atoms with Crippen LogP contribution in [0.2, 0.25) is 0 Å². The number of nitrogens with one attached hydrogen (secondary N) is 1. The quantitative estimate of drug-likeness (QED) is 0.920. The lowest BCUT2D eigenvalue weighted by atomic mass is 10.0. The highest BCUT2D eigenvalue weighted by molar-refractivity contribution is 5.37. The van der Waals surface area contributed by atoms with Crippen molar-refractivity contribution in [1.82, 2.24) is 15.3 Å². The van der Waals surface area contributed by atoms with E-state index in [1.807, 2.05) is 0 Å². The van der Waals surface area contributed by atoms with Gasteiger partial charge in [-0.3, -0.25) is 0 Å². The summed E-state index contributed by atoms with van der Waals surface area (Å²) in [6.07, 6.45) is 5.13. The molecule has 2 saturated heterocycles. The van der Waals surface area contributed by atoms with Crippen molar-refractivity contribution in [1.29, 1.82) is 0 Å². The number of rotatable bonds is 3. The zero-order valence-electron chi connectivity index (χ0n) is 12.9. The van der Waals surface area contributed by atoms with Gasteiger partial charge in [-0.25, -0.2) is 9.97 Å². The molecule has 20 heavy (non-hydrogen) atoms. The van der Waals surface area contributed by atoms with E-state index in [0.29, 0.717) is 18.0 Å². The first-order valence-corrected chi connectivity index (χ1v) is 8.01. The van der Waals surface area contributed by atoms with Crippen molar-refractivity contribution in [2.24, 2.45) is 0 Å². The fourth-order valence-electron chi connectivity index (χ4n) is 3.50. The van der Waals surface area contributed by atoms with Gasteiger partial charge in [-0.15, -0.1) is 0 Å². The molecule has 1 N–H and O–H groups in total. The van der Waals surface area contributed by atoms with Gasteiger partial charge in [-0.1, -0.05) is 13.8 Å².